The fraction of sp³-hybridized carbons (Fsp3) is 1.00. The van der Waals surface area contributed by atoms with Crippen molar-refractivity contribution < 1.29 is 0 Å². The predicted molar refractivity (Wildman–Crippen MR) is 74.2 cm³/mol. The maximum Gasteiger partial charge on any atom is 0.0249 e. The lowest BCUT2D eigenvalue weighted by atomic mass is 9.99. The van der Waals surface area contributed by atoms with Gasteiger partial charge in [0.15, 0.2) is 0 Å². The molecule has 1 aliphatic heterocycles. The first-order chi connectivity index (χ1) is 8.24. The SMILES string of the molecule is CCCC1CN(CC(C)CC)C(C2CC2)CN1. The van der Waals surface area contributed by atoms with Gasteiger partial charge in [0, 0.05) is 31.7 Å². The Kier molecular flexibility index (Phi) is 4.87. The van der Waals surface area contributed by atoms with Crippen LogP contribution in [0.3, 0.4) is 0 Å². The fourth-order valence-electron chi connectivity index (χ4n) is 3.13. The van der Waals surface area contributed by atoms with Gasteiger partial charge in [0.2, 0.25) is 0 Å². The minimum atomic E-state index is 0.749. The molecule has 0 radical (unpaired) electrons. The van der Waals surface area contributed by atoms with E-state index in [-0.39, 0.29) is 0 Å². The number of rotatable bonds is 6. The average Bonchev–Trinajstić information content (AvgIpc) is 3.14. The number of piperazine rings is 1. The Morgan fingerprint density at radius 3 is 2.65 bits per heavy atom. The van der Waals surface area contributed by atoms with Crippen LogP contribution in [0.15, 0.2) is 0 Å². The Bertz CT molecular complexity index is 225. The van der Waals surface area contributed by atoms with E-state index in [1.54, 1.807) is 0 Å². The van der Waals surface area contributed by atoms with Crippen molar-refractivity contribution in [2.24, 2.45) is 11.8 Å². The Morgan fingerprint density at radius 2 is 2.06 bits per heavy atom. The Morgan fingerprint density at radius 1 is 1.29 bits per heavy atom. The molecule has 3 unspecified atom stereocenters. The molecule has 1 aliphatic carbocycles. The summed E-state index contributed by atoms with van der Waals surface area (Å²) in [5.74, 6) is 1.87. The molecule has 100 valence electrons. The normalized spacial score (nSPS) is 32.6. The van der Waals surface area contributed by atoms with E-state index in [9.17, 15) is 0 Å². The summed E-state index contributed by atoms with van der Waals surface area (Å²) < 4.78 is 0. The van der Waals surface area contributed by atoms with Crippen LogP contribution in [0.25, 0.3) is 0 Å². The van der Waals surface area contributed by atoms with Gasteiger partial charge in [-0.15, -0.1) is 0 Å². The van der Waals surface area contributed by atoms with Gasteiger partial charge in [0.1, 0.15) is 0 Å². The second kappa shape index (κ2) is 6.19. The Balaban J connectivity index is 1.89. The van der Waals surface area contributed by atoms with Crippen molar-refractivity contribution in [2.75, 3.05) is 19.6 Å². The quantitative estimate of drug-likeness (QED) is 0.765. The lowest BCUT2D eigenvalue weighted by Gasteiger charge is -2.42. The molecule has 0 bridgehead atoms. The average molecular weight is 238 g/mol. The summed E-state index contributed by atoms with van der Waals surface area (Å²) in [6, 6.07) is 1.59. The minimum absolute atomic E-state index is 0.749. The first kappa shape index (κ1) is 13.4. The first-order valence-electron chi connectivity index (χ1n) is 7.72. The number of hydrogen-bond donors (Lipinski definition) is 1. The molecule has 0 aromatic heterocycles. The van der Waals surface area contributed by atoms with E-state index in [0.29, 0.717) is 0 Å². The van der Waals surface area contributed by atoms with Crippen LogP contribution in [0, 0.1) is 11.8 Å². The van der Waals surface area contributed by atoms with Gasteiger partial charge in [0.05, 0.1) is 0 Å². The van der Waals surface area contributed by atoms with Gasteiger partial charge >= 0.3 is 0 Å². The van der Waals surface area contributed by atoms with Crippen LogP contribution in [0.2, 0.25) is 0 Å². The monoisotopic (exact) mass is 238 g/mol. The molecule has 0 spiro atoms. The molecule has 0 aromatic rings. The molecule has 2 heteroatoms. The van der Waals surface area contributed by atoms with Crippen molar-refractivity contribution in [3.63, 3.8) is 0 Å². The highest BCUT2D eigenvalue weighted by Crippen LogP contribution is 2.36. The van der Waals surface area contributed by atoms with E-state index in [2.05, 4.69) is 31.0 Å². The lowest BCUT2D eigenvalue weighted by Crippen LogP contribution is -2.58. The molecular weight excluding hydrogens is 208 g/mol. The van der Waals surface area contributed by atoms with Crippen molar-refractivity contribution in [3.8, 4) is 0 Å². The predicted octanol–water partition coefficient (Wildman–Crippen LogP) is 2.89. The van der Waals surface area contributed by atoms with E-state index >= 15 is 0 Å². The third kappa shape index (κ3) is 3.69. The third-order valence-corrected chi connectivity index (χ3v) is 4.59. The summed E-state index contributed by atoms with van der Waals surface area (Å²) >= 11 is 0. The maximum atomic E-state index is 3.77. The summed E-state index contributed by atoms with van der Waals surface area (Å²) in [6.45, 7) is 10.9. The first-order valence-corrected chi connectivity index (χ1v) is 7.72. The van der Waals surface area contributed by atoms with Gasteiger partial charge in [-0.1, -0.05) is 33.6 Å². The summed E-state index contributed by atoms with van der Waals surface area (Å²) in [6.07, 6.45) is 6.92. The molecule has 2 fully saturated rings. The number of hydrogen-bond acceptors (Lipinski definition) is 2. The van der Waals surface area contributed by atoms with E-state index in [1.165, 1.54) is 51.7 Å². The number of nitrogens with one attached hydrogen (secondary N) is 1. The van der Waals surface area contributed by atoms with Gasteiger partial charge in [0.25, 0.3) is 0 Å². The van der Waals surface area contributed by atoms with Gasteiger partial charge in [-0.2, -0.15) is 0 Å². The molecule has 1 saturated carbocycles. The molecule has 0 aromatic carbocycles. The van der Waals surface area contributed by atoms with Crippen LogP contribution in [0.4, 0.5) is 0 Å². The summed E-state index contributed by atoms with van der Waals surface area (Å²) in [5.41, 5.74) is 0. The fourth-order valence-corrected chi connectivity index (χ4v) is 3.13. The third-order valence-electron chi connectivity index (χ3n) is 4.59. The second-order valence-corrected chi connectivity index (χ2v) is 6.27. The van der Waals surface area contributed by atoms with E-state index in [1.807, 2.05) is 0 Å². The molecule has 1 heterocycles. The van der Waals surface area contributed by atoms with Crippen LogP contribution in [0.1, 0.15) is 52.9 Å². The summed E-state index contributed by atoms with van der Waals surface area (Å²) in [4.78, 5) is 2.81. The van der Waals surface area contributed by atoms with E-state index < -0.39 is 0 Å². The van der Waals surface area contributed by atoms with E-state index in [4.69, 9.17) is 0 Å². The van der Waals surface area contributed by atoms with Gasteiger partial charge in [-0.3, -0.25) is 4.90 Å². The van der Waals surface area contributed by atoms with Gasteiger partial charge in [-0.05, 0) is 31.1 Å². The van der Waals surface area contributed by atoms with Crippen molar-refractivity contribution in [3.05, 3.63) is 0 Å². The molecule has 3 atom stereocenters. The zero-order valence-corrected chi connectivity index (χ0v) is 11.9. The Labute approximate surface area is 107 Å². The highest BCUT2D eigenvalue weighted by Gasteiger charge is 2.38. The van der Waals surface area contributed by atoms with Crippen LogP contribution in [-0.2, 0) is 0 Å². The molecule has 17 heavy (non-hydrogen) atoms. The summed E-state index contributed by atoms with van der Waals surface area (Å²) in [7, 11) is 0. The van der Waals surface area contributed by atoms with Gasteiger partial charge in [-0.25, -0.2) is 0 Å². The highest BCUT2D eigenvalue weighted by atomic mass is 15.2. The lowest BCUT2D eigenvalue weighted by molar-refractivity contribution is 0.0952. The van der Waals surface area contributed by atoms with Crippen molar-refractivity contribution >= 4 is 0 Å². The van der Waals surface area contributed by atoms with Crippen LogP contribution < -0.4 is 5.32 Å². The van der Waals surface area contributed by atoms with Crippen LogP contribution in [0.5, 0.6) is 0 Å². The Hall–Kier alpha value is -0.0800. The molecular formula is C15H30N2. The molecule has 2 rings (SSSR count). The van der Waals surface area contributed by atoms with Crippen molar-refractivity contribution in [2.45, 2.75) is 65.0 Å². The van der Waals surface area contributed by atoms with E-state index in [0.717, 1.165) is 23.9 Å². The van der Waals surface area contributed by atoms with Crippen LogP contribution >= 0.6 is 0 Å². The summed E-state index contributed by atoms with van der Waals surface area (Å²) in [5, 5.41) is 3.77. The molecule has 1 N–H and O–H groups in total. The molecule has 2 aliphatic rings. The topological polar surface area (TPSA) is 15.3 Å². The zero-order chi connectivity index (χ0) is 12.3. The smallest absolute Gasteiger partial charge is 0.0249 e. The largest absolute Gasteiger partial charge is 0.311 e. The van der Waals surface area contributed by atoms with Crippen molar-refractivity contribution in [1.29, 1.82) is 0 Å². The molecule has 1 saturated heterocycles. The van der Waals surface area contributed by atoms with Crippen molar-refractivity contribution in [1.82, 2.24) is 10.2 Å². The number of nitrogens with zero attached hydrogens (tertiary/aromatic N) is 1. The highest BCUT2D eigenvalue weighted by molar-refractivity contribution is 4.95. The zero-order valence-electron chi connectivity index (χ0n) is 11.9. The van der Waals surface area contributed by atoms with Crippen LogP contribution in [-0.4, -0.2) is 36.6 Å². The van der Waals surface area contributed by atoms with Gasteiger partial charge < -0.3 is 5.32 Å². The standard InChI is InChI=1S/C15H30N2/c1-4-6-14-11-17(10-12(3)5-2)15(9-16-14)13-7-8-13/h12-16H,4-11H2,1-3H3. The maximum absolute atomic E-state index is 3.77. The molecule has 0 amide bonds. The second-order valence-electron chi connectivity index (χ2n) is 6.27. The minimum Gasteiger partial charge on any atom is -0.311 e. The molecule has 2 nitrogen and oxygen atoms in total.